The van der Waals surface area contributed by atoms with E-state index in [0.29, 0.717) is 22.6 Å². The topological polar surface area (TPSA) is 97.1 Å². The summed E-state index contributed by atoms with van der Waals surface area (Å²) in [7, 11) is 0. The Kier molecular flexibility index (Phi) is 7.48. The van der Waals surface area contributed by atoms with Crippen molar-refractivity contribution >= 4 is 40.9 Å². The second-order valence-corrected chi connectivity index (χ2v) is 7.84. The number of carbonyl (C=O) groups excluding carboxylic acids is 2. The fraction of sp³-hybridized carbons (Fsp3) is 0.238. The average molecular weight is 445 g/mol. The summed E-state index contributed by atoms with van der Waals surface area (Å²) in [6.07, 6.45) is 0.424. The highest BCUT2D eigenvalue weighted by molar-refractivity contribution is 7.99. The molecular weight excluding hydrogens is 424 g/mol. The van der Waals surface area contributed by atoms with Gasteiger partial charge in [-0.25, -0.2) is 0 Å². The SMILES string of the molecule is CCC(=O)Nc1ccc(C(C)NC(=O)CSc2nnc(-c3ccc(Cl)cc3)o2)cc1. The fourth-order valence-corrected chi connectivity index (χ4v) is 3.28. The zero-order chi connectivity index (χ0) is 21.5. The van der Waals surface area contributed by atoms with E-state index in [0.717, 1.165) is 16.8 Å². The Bertz CT molecular complexity index is 1010. The van der Waals surface area contributed by atoms with Gasteiger partial charge in [0, 0.05) is 22.7 Å². The maximum atomic E-state index is 12.3. The molecule has 2 aromatic carbocycles. The number of hydrogen-bond donors (Lipinski definition) is 2. The Labute approximate surface area is 183 Å². The van der Waals surface area contributed by atoms with Crippen LogP contribution in [-0.4, -0.2) is 27.8 Å². The molecule has 3 aromatic rings. The molecule has 2 N–H and O–H groups in total. The molecule has 1 atom stereocenters. The van der Waals surface area contributed by atoms with Gasteiger partial charge in [-0.2, -0.15) is 0 Å². The molecule has 0 aliphatic heterocycles. The van der Waals surface area contributed by atoms with Gasteiger partial charge in [-0.1, -0.05) is 42.4 Å². The third-order valence-electron chi connectivity index (χ3n) is 4.22. The standard InChI is InChI=1S/C21H21ClN4O3S/c1-3-18(27)24-17-10-6-14(7-11-17)13(2)23-19(28)12-30-21-26-25-20(29-21)15-4-8-16(22)9-5-15/h4-11,13H,3,12H2,1-2H3,(H,23,28)(H,24,27). The average Bonchev–Trinajstić information content (AvgIpc) is 3.22. The van der Waals surface area contributed by atoms with Crippen LogP contribution in [0.2, 0.25) is 5.02 Å². The first-order valence-electron chi connectivity index (χ1n) is 9.36. The number of thioether (sulfide) groups is 1. The van der Waals surface area contributed by atoms with E-state index in [1.807, 2.05) is 31.2 Å². The number of hydrogen-bond acceptors (Lipinski definition) is 6. The summed E-state index contributed by atoms with van der Waals surface area (Å²) in [4.78, 5) is 23.7. The third-order valence-corrected chi connectivity index (χ3v) is 5.29. The molecule has 0 radical (unpaired) electrons. The molecule has 0 saturated heterocycles. The summed E-state index contributed by atoms with van der Waals surface area (Å²) in [5.41, 5.74) is 2.42. The maximum absolute atomic E-state index is 12.3. The fourth-order valence-electron chi connectivity index (χ4n) is 2.58. The molecule has 2 amide bonds. The third kappa shape index (κ3) is 6.08. The molecular formula is C21H21ClN4O3S. The Hall–Kier alpha value is -2.84. The van der Waals surface area contributed by atoms with E-state index < -0.39 is 0 Å². The summed E-state index contributed by atoms with van der Waals surface area (Å²) < 4.78 is 5.59. The van der Waals surface area contributed by atoms with Crippen molar-refractivity contribution in [3.63, 3.8) is 0 Å². The number of amides is 2. The maximum Gasteiger partial charge on any atom is 0.277 e. The van der Waals surface area contributed by atoms with Crippen LogP contribution in [0.1, 0.15) is 31.9 Å². The van der Waals surface area contributed by atoms with Crippen LogP contribution in [0.4, 0.5) is 5.69 Å². The largest absolute Gasteiger partial charge is 0.411 e. The summed E-state index contributed by atoms with van der Waals surface area (Å²) >= 11 is 7.05. The van der Waals surface area contributed by atoms with Gasteiger partial charge in [-0.3, -0.25) is 9.59 Å². The van der Waals surface area contributed by atoms with E-state index in [9.17, 15) is 9.59 Å². The molecule has 0 saturated carbocycles. The highest BCUT2D eigenvalue weighted by Crippen LogP contribution is 2.24. The molecule has 156 valence electrons. The lowest BCUT2D eigenvalue weighted by molar-refractivity contribution is -0.119. The highest BCUT2D eigenvalue weighted by Gasteiger charge is 2.14. The van der Waals surface area contributed by atoms with Crippen molar-refractivity contribution in [1.82, 2.24) is 15.5 Å². The van der Waals surface area contributed by atoms with E-state index in [1.165, 1.54) is 11.8 Å². The molecule has 1 unspecified atom stereocenters. The number of rotatable bonds is 8. The Morgan fingerprint density at radius 3 is 2.43 bits per heavy atom. The molecule has 0 bridgehead atoms. The molecule has 3 rings (SSSR count). The van der Waals surface area contributed by atoms with E-state index in [2.05, 4.69) is 20.8 Å². The molecule has 9 heteroatoms. The molecule has 7 nitrogen and oxygen atoms in total. The number of benzene rings is 2. The normalized spacial score (nSPS) is 11.7. The monoisotopic (exact) mass is 444 g/mol. The Balaban J connectivity index is 1.49. The van der Waals surface area contributed by atoms with E-state index in [4.69, 9.17) is 16.0 Å². The zero-order valence-corrected chi connectivity index (χ0v) is 18.1. The van der Waals surface area contributed by atoms with E-state index >= 15 is 0 Å². The van der Waals surface area contributed by atoms with Crippen LogP contribution in [0.5, 0.6) is 0 Å². The zero-order valence-electron chi connectivity index (χ0n) is 16.5. The minimum Gasteiger partial charge on any atom is -0.411 e. The molecule has 30 heavy (non-hydrogen) atoms. The molecule has 1 heterocycles. The molecule has 1 aromatic heterocycles. The Morgan fingerprint density at radius 1 is 1.07 bits per heavy atom. The van der Waals surface area contributed by atoms with Crippen molar-refractivity contribution in [1.29, 1.82) is 0 Å². The summed E-state index contributed by atoms with van der Waals surface area (Å²) in [6.45, 7) is 3.69. The molecule has 0 fully saturated rings. The van der Waals surface area contributed by atoms with Crippen molar-refractivity contribution in [3.05, 3.63) is 59.1 Å². The van der Waals surface area contributed by atoms with Gasteiger partial charge in [0.15, 0.2) is 0 Å². The van der Waals surface area contributed by atoms with Crippen molar-refractivity contribution in [2.75, 3.05) is 11.1 Å². The number of nitrogens with zero attached hydrogens (tertiary/aromatic N) is 2. The van der Waals surface area contributed by atoms with Crippen molar-refractivity contribution < 1.29 is 14.0 Å². The first-order chi connectivity index (χ1) is 14.4. The lowest BCUT2D eigenvalue weighted by Gasteiger charge is -2.14. The second kappa shape index (κ2) is 10.3. The predicted molar refractivity (Wildman–Crippen MR) is 117 cm³/mol. The molecule has 0 spiro atoms. The number of carbonyl (C=O) groups is 2. The van der Waals surface area contributed by atoms with Crippen LogP contribution in [0.15, 0.2) is 58.2 Å². The van der Waals surface area contributed by atoms with E-state index in [-0.39, 0.29) is 23.6 Å². The van der Waals surface area contributed by atoms with Gasteiger partial charge in [0.2, 0.25) is 17.7 Å². The summed E-state index contributed by atoms with van der Waals surface area (Å²) in [5, 5.41) is 14.6. The van der Waals surface area contributed by atoms with Gasteiger partial charge in [0.25, 0.3) is 5.22 Å². The first kappa shape index (κ1) is 21.9. The quantitative estimate of drug-likeness (QED) is 0.488. The van der Waals surface area contributed by atoms with Crippen LogP contribution in [-0.2, 0) is 9.59 Å². The second-order valence-electron chi connectivity index (χ2n) is 6.48. The van der Waals surface area contributed by atoms with Crippen LogP contribution in [0.3, 0.4) is 0 Å². The highest BCUT2D eigenvalue weighted by atomic mass is 35.5. The van der Waals surface area contributed by atoms with Gasteiger partial charge in [-0.05, 0) is 48.9 Å². The van der Waals surface area contributed by atoms with Gasteiger partial charge >= 0.3 is 0 Å². The van der Waals surface area contributed by atoms with Gasteiger partial charge in [0.1, 0.15) is 0 Å². The summed E-state index contributed by atoms with van der Waals surface area (Å²) in [5.74, 6) is 0.332. The lowest BCUT2D eigenvalue weighted by atomic mass is 10.1. The number of aromatic nitrogens is 2. The molecule has 0 aliphatic rings. The predicted octanol–water partition coefficient (Wildman–Crippen LogP) is 4.71. The van der Waals surface area contributed by atoms with Gasteiger partial charge in [0.05, 0.1) is 11.8 Å². The van der Waals surface area contributed by atoms with Gasteiger partial charge in [-0.15, -0.1) is 10.2 Å². The minimum atomic E-state index is -0.179. The number of anilines is 1. The lowest BCUT2D eigenvalue weighted by Crippen LogP contribution is -2.28. The van der Waals surface area contributed by atoms with Gasteiger partial charge < -0.3 is 15.1 Å². The minimum absolute atomic E-state index is 0.0404. The van der Waals surface area contributed by atoms with E-state index in [1.54, 1.807) is 31.2 Å². The van der Waals surface area contributed by atoms with Crippen LogP contribution in [0, 0.1) is 0 Å². The van der Waals surface area contributed by atoms with Crippen molar-refractivity contribution in [2.45, 2.75) is 31.5 Å². The molecule has 0 aliphatic carbocycles. The van der Waals surface area contributed by atoms with Crippen molar-refractivity contribution in [2.24, 2.45) is 0 Å². The first-order valence-corrected chi connectivity index (χ1v) is 10.7. The van der Waals surface area contributed by atoms with Crippen LogP contribution >= 0.6 is 23.4 Å². The number of nitrogens with one attached hydrogen (secondary N) is 2. The van der Waals surface area contributed by atoms with Crippen LogP contribution < -0.4 is 10.6 Å². The smallest absolute Gasteiger partial charge is 0.277 e. The Morgan fingerprint density at radius 2 is 1.77 bits per heavy atom. The number of halogens is 1. The van der Waals surface area contributed by atoms with Crippen LogP contribution in [0.25, 0.3) is 11.5 Å². The van der Waals surface area contributed by atoms with Crippen molar-refractivity contribution in [3.8, 4) is 11.5 Å². The summed E-state index contributed by atoms with van der Waals surface area (Å²) in [6, 6.07) is 14.3.